The van der Waals surface area contributed by atoms with E-state index in [2.05, 4.69) is 0 Å². The molecule has 150 valence electrons. The fourth-order valence-electron chi connectivity index (χ4n) is 3.03. The van der Waals surface area contributed by atoms with Crippen LogP contribution >= 0.6 is 11.3 Å². The van der Waals surface area contributed by atoms with Gasteiger partial charge in [0.05, 0.1) is 11.1 Å². The third kappa shape index (κ3) is 4.07. The molecule has 1 aromatic carbocycles. The van der Waals surface area contributed by atoms with Crippen LogP contribution in [0.2, 0.25) is 0 Å². The van der Waals surface area contributed by atoms with Gasteiger partial charge in [-0.3, -0.25) is 9.59 Å². The van der Waals surface area contributed by atoms with Crippen LogP contribution < -0.4 is 24.2 Å². The van der Waals surface area contributed by atoms with Crippen molar-refractivity contribution in [3.63, 3.8) is 0 Å². The molecule has 1 aliphatic rings. The van der Waals surface area contributed by atoms with Crippen molar-refractivity contribution in [2.45, 2.75) is 47.1 Å². The van der Waals surface area contributed by atoms with Crippen molar-refractivity contribution in [1.82, 2.24) is 4.57 Å². The van der Waals surface area contributed by atoms with Gasteiger partial charge in [0, 0.05) is 36.1 Å². The second kappa shape index (κ2) is 7.59. The average molecular weight is 402 g/mol. The van der Waals surface area contributed by atoms with Gasteiger partial charge >= 0.3 is 0 Å². The maximum absolute atomic E-state index is 12.7. The van der Waals surface area contributed by atoms with Crippen molar-refractivity contribution < 1.29 is 14.3 Å². The fraction of sp³-hybridized carbons (Fsp3) is 0.455. The van der Waals surface area contributed by atoms with Gasteiger partial charge in [-0.2, -0.15) is 0 Å². The van der Waals surface area contributed by atoms with Crippen molar-refractivity contribution in [1.29, 1.82) is 0 Å². The van der Waals surface area contributed by atoms with E-state index in [9.17, 15) is 9.59 Å². The van der Waals surface area contributed by atoms with Crippen LogP contribution in [0.3, 0.4) is 0 Å². The van der Waals surface area contributed by atoms with Crippen molar-refractivity contribution in [3.05, 3.63) is 42.8 Å². The number of Topliss-reactive ketones (excluding diaryl/α,β-unsaturated/α-hetero) is 1. The molecule has 2 aromatic rings. The molecule has 28 heavy (non-hydrogen) atoms. The first-order valence-corrected chi connectivity index (χ1v) is 10.3. The maximum Gasteiger partial charge on any atom is 0.268 e. The summed E-state index contributed by atoms with van der Waals surface area (Å²) in [6.07, 6.45) is 4.37. The first-order chi connectivity index (χ1) is 13.1. The lowest BCUT2D eigenvalue weighted by Crippen LogP contribution is -2.30. The molecule has 6 heteroatoms. The van der Waals surface area contributed by atoms with E-state index >= 15 is 0 Å². The fourth-order valence-corrected chi connectivity index (χ4v) is 4.05. The molecule has 0 radical (unpaired) electrons. The highest BCUT2D eigenvalue weighted by Crippen LogP contribution is 2.35. The Hall–Kier alpha value is -2.34. The Balaban J connectivity index is 2.14. The van der Waals surface area contributed by atoms with Gasteiger partial charge in [-0.05, 0) is 32.1 Å². The summed E-state index contributed by atoms with van der Waals surface area (Å²) in [5.74, 6) is 1.57. The summed E-state index contributed by atoms with van der Waals surface area (Å²) < 4.78 is 14.4. The molecule has 1 atom stereocenters. The summed E-state index contributed by atoms with van der Waals surface area (Å²) in [7, 11) is 1.69. The van der Waals surface area contributed by atoms with Crippen LogP contribution in [0.25, 0.3) is 12.2 Å². The molecule has 3 rings (SSSR count). The van der Waals surface area contributed by atoms with Crippen LogP contribution in [0, 0.1) is 5.41 Å². The monoisotopic (exact) mass is 401 g/mol. The Morgan fingerprint density at radius 3 is 2.75 bits per heavy atom. The summed E-state index contributed by atoms with van der Waals surface area (Å²) in [6, 6.07) is 3.94. The van der Waals surface area contributed by atoms with Gasteiger partial charge in [0.2, 0.25) is 0 Å². The van der Waals surface area contributed by atoms with Crippen molar-refractivity contribution in [2.75, 3.05) is 6.61 Å². The predicted molar refractivity (Wildman–Crippen MR) is 113 cm³/mol. The highest BCUT2D eigenvalue weighted by molar-refractivity contribution is 7.07. The van der Waals surface area contributed by atoms with E-state index in [1.165, 1.54) is 15.9 Å². The Kier molecular flexibility index (Phi) is 5.53. The second-order valence-corrected chi connectivity index (χ2v) is 9.20. The van der Waals surface area contributed by atoms with Gasteiger partial charge in [-0.1, -0.05) is 20.8 Å². The smallest absolute Gasteiger partial charge is 0.268 e. The molecule has 0 unspecified atom stereocenters. The number of carbonyl (C=O) groups is 1. The number of aromatic nitrogens is 1. The molecule has 1 aliphatic heterocycles. The van der Waals surface area contributed by atoms with Gasteiger partial charge in [0.25, 0.3) is 5.56 Å². The Morgan fingerprint density at radius 2 is 2.11 bits per heavy atom. The quantitative estimate of drug-likeness (QED) is 0.789. The van der Waals surface area contributed by atoms with E-state index < -0.39 is 5.41 Å². The van der Waals surface area contributed by atoms with E-state index in [1.807, 2.05) is 52.8 Å². The van der Waals surface area contributed by atoms with Crippen molar-refractivity contribution in [3.8, 4) is 11.5 Å². The minimum atomic E-state index is -0.486. The number of carbonyl (C=O) groups excluding carboxylic acids is 1. The summed E-state index contributed by atoms with van der Waals surface area (Å²) >= 11 is 1.31. The van der Waals surface area contributed by atoms with Gasteiger partial charge in [-0.25, -0.2) is 0 Å². The summed E-state index contributed by atoms with van der Waals surface area (Å²) in [4.78, 5) is 25.1. The molecule has 0 aliphatic carbocycles. The average Bonchev–Trinajstić information content (AvgIpc) is 3.08. The van der Waals surface area contributed by atoms with Crippen LogP contribution in [0.5, 0.6) is 11.5 Å². The van der Waals surface area contributed by atoms with Gasteiger partial charge in [0.15, 0.2) is 5.78 Å². The van der Waals surface area contributed by atoms with Gasteiger partial charge in [-0.15, -0.1) is 11.3 Å². The lowest BCUT2D eigenvalue weighted by atomic mass is 9.91. The lowest BCUT2D eigenvalue weighted by molar-refractivity contribution is -0.120. The van der Waals surface area contributed by atoms with Gasteiger partial charge in [0.1, 0.15) is 22.3 Å². The van der Waals surface area contributed by atoms with Crippen molar-refractivity contribution in [2.24, 2.45) is 12.5 Å². The van der Waals surface area contributed by atoms with Crippen LogP contribution in [0.15, 0.2) is 16.9 Å². The SMILES string of the molecule is CCOc1cc2c(cc1/C=c1\s/c(=C\C(=O)C(C)(C)C)n(C)c1=O)O[C@H](C)C2. The topological polar surface area (TPSA) is 57.5 Å². The predicted octanol–water partition coefficient (Wildman–Crippen LogP) is 2.39. The molecular formula is C22H27NO4S. The molecule has 5 nitrogen and oxygen atoms in total. The molecule has 0 saturated heterocycles. The molecule has 2 heterocycles. The van der Waals surface area contributed by atoms with E-state index in [4.69, 9.17) is 9.47 Å². The number of thiazole rings is 1. The van der Waals surface area contributed by atoms with Crippen LogP contribution in [0.1, 0.15) is 45.7 Å². The third-order valence-electron chi connectivity index (χ3n) is 4.67. The number of hydrogen-bond donors (Lipinski definition) is 0. The van der Waals surface area contributed by atoms with Crippen molar-refractivity contribution >= 4 is 29.3 Å². The van der Waals surface area contributed by atoms with Gasteiger partial charge < -0.3 is 14.0 Å². The van der Waals surface area contributed by atoms with Crippen LogP contribution in [-0.2, 0) is 18.3 Å². The van der Waals surface area contributed by atoms with Crippen LogP contribution in [0.4, 0.5) is 0 Å². The second-order valence-electron chi connectivity index (χ2n) is 8.14. The zero-order valence-electron chi connectivity index (χ0n) is 17.3. The molecule has 0 saturated carbocycles. The number of nitrogens with zero attached hydrogens (tertiary/aromatic N) is 1. The van der Waals surface area contributed by atoms with E-state index in [0.717, 1.165) is 29.0 Å². The Labute approximate surface area is 168 Å². The summed E-state index contributed by atoms with van der Waals surface area (Å²) in [5.41, 5.74) is 1.31. The van der Waals surface area contributed by atoms with E-state index in [-0.39, 0.29) is 17.4 Å². The van der Waals surface area contributed by atoms with Crippen LogP contribution in [-0.4, -0.2) is 23.1 Å². The Bertz CT molecular complexity index is 1090. The number of ether oxygens (including phenoxy) is 2. The first-order valence-electron chi connectivity index (χ1n) is 9.50. The van der Waals surface area contributed by atoms with E-state index in [0.29, 0.717) is 15.8 Å². The van der Waals surface area contributed by atoms with E-state index in [1.54, 1.807) is 13.1 Å². The standard InChI is InChI=1S/C22H27NO4S/c1-7-26-16-9-14-8-13(2)27-17(14)10-15(16)11-18-21(25)23(6)20(28-18)12-19(24)22(3,4)5/h9-13H,7-8H2,1-6H3/b18-11-,20-12-/t13-/m1/s1. The summed E-state index contributed by atoms with van der Waals surface area (Å²) in [6.45, 7) is 10.1. The zero-order chi connectivity index (χ0) is 20.6. The number of hydrogen-bond acceptors (Lipinski definition) is 5. The highest BCUT2D eigenvalue weighted by atomic mass is 32.1. The maximum atomic E-state index is 12.7. The molecule has 0 amide bonds. The number of benzene rings is 1. The number of rotatable bonds is 4. The Morgan fingerprint density at radius 1 is 1.39 bits per heavy atom. The third-order valence-corrected chi connectivity index (χ3v) is 5.78. The number of ketones is 1. The molecule has 0 spiro atoms. The molecular weight excluding hydrogens is 374 g/mol. The molecule has 0 bridgehead atoms. The molecule has 1 aromatic heterocycles. The summed E-state index contributed by atoms with van der Waals surface area (Å²) in [5, 5.41) is 0. The largest absolute Gasteiger partial charge is 0.493 e. The lowest BCUT2D eigenvalue weighted by Gasteiger charge is -2.12. The first kappa shape index (κ1) is 20.4. The normalized spacial score (nSPS) is 17.6. The number of fused-ring (bicyclic) bond motifs is 1. The highest BCUT2D eigenvalue weighted by Gasteiger charge is 2.22. The molecule has 0 fully saturated rings. The minimum absolute atomic E-state index is 0.00850. The minimum Gasteiger partial charge on any atom is -0.493 e. The molecule has 0 N–H and O–H groups in total. The zero-order valence-corrected chi connectivity index (χ0v) is 18.1.